The van der Waals surface area contributed by atoms with Crippen LogP contribution in [0.1, 0.15) is 18.7 Å². The lowest BCUT2D eigenvalue weighted by Crippen LogP contribution is -2.11. The number of aromatic nitrogens is 1. The molecule has 1 aromatic heterocycles. The summed E-state index contributed by atoms with van der Waals surface area (Å²) < 4.78 is 18.3. The highest BCUT2D eigenvalue weighted by Gasteiger charge is 2.15. The summed E-state index contributed by atoms with van der Waals surface area (Å²) in [7, 11) is 1.82. The maximum atomic E-state index is 13.2. The molecule has 2 aromatic rings. The van der Waals surface area contributed by atoms with Gasteiger partial charge in [-0.15, -0.1) is 0 Å². The van der Waals surface area contributed by atoms with Crippen LogP contribution in [0.4, 0.5) is 4.39 Å². The zero-order chi connectivity index (χ0) is 10.1. The molecule has 1 unspecified atom stereocenters. The van der Waals surface area contributed by atoms with Crippen LogP contribution in [0.25, 0.3) is 10.9 Å². The topological polar surface area (TPSA) is 38.1 Å². The number of nitrogens with one attached hydrogen (secondary N) is 1. The summed E-state index contributed by atoms with van der Waals surface area (Å²) >= 11 is 0. The van der Waals surface area contributed by atoms with Gasteiger partial charge < -0.3 is 9.84 Å². The highest BCUT2D eigenvalue weighted by atomic mass is 19.1. The predicted molar refractivity (Wildman–Crippen MR) is 51.4 cm³/mol. The van der Waals surface area contributed by atoms with Crippen LogP contribution in [0.3, 0.4) is 0 Å². The summed E-state index contributed by atoms with van der Waals surface area (Å²) in [5, 5.41) is 7.45. The summed E-state index contributed by atoms with van der Waals surface area (Å²) in [4.78, 5) is 0. The first-order chi connectivity index (χ1) is 6.74. The van der Waals surface area contributed by atoms with Crippen LogP contribution < -0.4 is 5.32 Å². The van der Waals surface area contributed by atoms with Gasteiger partial charge in [0.1, 0.15) is 5.52 Å². The van der Waals surface area contributed by atoms with Crippen molar-refractivity contribution in [3.63, 3.8) is 0 Å². The molecule has 0 fully saturated rings. The Morgan fingerprint density at radius 1 is 1.50 bits per heavy atom. The molecular weight excluding hydrogens is 183 g/mol. The molecule has 1 atom stereocenters. The third-order valence-corrected chi connectivity index (χ3v) is 2.31. The van der Waals surface area contributed by atoms with Gasteiger partial charge in [-0.3, -0.25) is 0 Å². The van der Waals surface area contributed by atoms with Crippen LogP contribution in [0.15, 0.2) is 22.7 Å². The van der Waals surface area contributed by atoms with E-state index in [9.17, 15) is 4.39 Å². The van der Waals surface area contributed by atoms with E-state index in [0.29, 0.717) is 11.3 Å². The average Bonchev–Trinajstić information content (AvgIpc) is 2.62. The van der Waals surface area contributed by atoms with Crippen LogP contribution >= 0.6 is 0 Å². The first-order valence-electron chi connectivity index (χ1n) is 4.45. The first kappa shape index (κ1) is 9.15. The molecule has 1 heterocycles. The Morgan fingerprint density at radius 2 is 2.29 bits per heavy atom. The molecule has 3 nitrogen and oxygen atoms in total. The Morgan fingerprint density at radius 3 is 3.00 bits per heavy atom. The number of benzene rings is 1. The summed E-state index contributed by atoms with van der Waals surface area (Å²) in [5.74, 6) is 0.322. The lowest BCUT2D eigenvalue weighted by Gasteiger charge is -2.04. The van der Waals surface area contributed by atoms with Gasteiger partial charge in [0.25, 0.3) is 0 Å². The standard InChI is InChI=1S/C10H11FN2O/c1-6(12-2)10-7-4-3-5-8(11)9(7)13-14-10/h3-6,12H,1-2H3. The minimum atomic E-state index is -0.346. The molecular formula is C10H11FN2O. The number of nitrogens with zero attached hydrogens (tertiary/aromatic N) is 1. The van der Waals surface area contributed by atoms with Crippen LogP contribution in [-0.4, -0.2) is 12.2 Å². The van der Waals surface area contributed by atoms with Crippen LogP contribution in [0, 0.1) is 5.82 Å². The van der Waals surface area contributed by atoms with Crippen molar-refractivity contribution in [2.75, 3.05) is 7.05 Å². The molecule has 0 aliphatic heterocycles. The van der Waals surface area contributed by atoms with Crippen molar-refractivity contribution in [1.82, 2.24) is 10.5 Å². The summed E-state index contributed by atoms with van der Waals surface area (Å²) in [6.07, 6.45) is 0. The van der Waals surface area contributed by atoms with Crippen molar-refractivity contribution >= 4 is 10.9 Å². The van der Waals surface area contributed by atoms with E-state index >= 15 is 0 Å². The third kappa shape index (κ3) is 1.28. The third-order valence-electron chi connectivity index (χ3n) is 2.31. The van der Waals surface area contributed by atoms with E-state index in [1.165, 1.54) is 6.07 Å². The van der Waals surface area contributed by atoms with Gasteiger partial charge >= 0.3 is 0 Å². The lowest BCUT2D eigenvalue weighted by molar-refractivity contribution is 0.359. The van der Waals surface area contributed by atoms with E-state index in [4.69, 9.17) is 4.52 Å². The summed E-state index contributed by atoms with van der Waals surface area (Å²) in [6.45, 7) is 1.94. The molecule has 0 spiro atoms. The van der Waals surface area contributed by atoms with Gasteiger partial charge in [0.15, 0.2) is 11.6 Å². The maximum Gasteiger partial charge on any atom is 0.161 e. The zero-order valence-electron chi connectivity index (χ0n) is 8.04. The predicted octanol–water partition coefficient (Wildman–Crippen LogP) is 2.25. The fourth-order valence-electron chi connectivity index (χ4n) is 1.39. The smallest absolute Gasteiger partial charge is 0.161 e. The largest absolute Gasteiger partial charge is 0.358 e. The normalized spacial score (nSPS) is 13.4. The van der Waals surface area contributed by atoms with Crippen molar-refractivity contribution in [3.8, 4) is 0 Å². The molecule has 0 bridgehead atoms. The van der Waals surface area contributed by atoms with Crippen molar-refractivity contribution in [2.24, 2.45) is 0 Å². The van der Waals surface area contributed by atoms with Gasteiger partial charge in [0.2, 0.25) is 0 Å². The summed E-state index contributed by atoms with van der Waals surface area (Å²) in [5.41, 5.74) is 0.296. The highest BCUT2D eigenvalue weighted by molar-refractivity contribution is 5.81. The molecule has 1 N–H and O–H groups in total. The van der Waals surface area contributed by atoms with Gasteiger partial charge in [-0.1, -0.05) is 11.2 Å². The molecule has 0 amide bonds. The van der Waals surface area contributed by atoms with Crippen molar-refractivity contribution in [2.45, 2.75) is 13.0 Å². The SMILES string of the molecule is CNC(C)c1onc2c(F)cccc12. The van der Waals surface area contributed by atoms with E-state index in [-0.39, 0.29) is 11.9 Å². The number of halogens is 1. The second kappa shape index (κ2) is 3.38. The van der Waals surface area contributed by atoms with Gasteiger partial charge in [0.05, 0.1) is 6.04 Å². The number of hydrogen-bond donors (Lipinski definition) is 1. The van der Waals surface area contributed by atoms with Crippen LogP contribution in [-0.2, 0) is 0 Å². The average molecular weight is 194 g/mol. The Balaban J connectivity index is 2.63. The Kier molecular flexibility index (Phi) is 2.21. The van der Waals surface area contributed by atoms with E-state index in [0.717, 1.165) is 5.39 Å². The Labute approximate surface area is 80.9 Å². The molecule has 0 saturated heterocycles. The Hall–Kier alpha value is -1.42. The van der Waals surface area contributed by atoms with Crippen molar-refractivity contribution < 1.29 is 8.91 Å². The van der Waals surface area contributed by atoms with Crippen LogP contribution in [0.2, 0.25) is 0 Å². The summed E-state index contributed by atoms with van der Waals surface area (Å²) in [6, 6.07) is 4.86. The molecule has 14 heavy (non-hydrogen) atoms. The molecule has 0 aliphatic carbocycles. The van der Waals surface area contributed by atoms with Gasteiger partial charge in [0, 0.05) is 5.39 Å². The van der Waals surface area contributed by atoms with Crippen molar-refractivity contribution in [1.29, 1.82) is 0 Å². The Bertz CT molecular complexity index is 452. The second-order valence-corrected chi connectivity index (χ2v) is 3.19. The maximum absolute atomic E-state index is 13.2. The number of hydrogen-bond acceptors (Lipinski definition) is 3. The lowest BCUT2D eigenvalue weighted by atomic mass is 10.1. The van der Waals surface area contributed by atoms with Crippen LogP contribution in [0.5, 0.6) is 0 Å². The molecule has 0 radical (unpaired) electrons. The fraction of sp³-hybridized carbons (Fsp3) is 0.300. The second-order valence-electron chi connectivity index (χ2n) is 3.19. The molecule has 4 heteroatoms. The van der Waals surface area contributed by atoms with E-state index in [1.54, 1.807) is 12.1 Å². The number of rotatable bonds is 2. The molecule has 2 rings (SSSR count). The minimum Gasteiger partial charge on any atom is -0.358 e. The first-order valence-corrected chi connectivity index (χ1v) is 4.45. The van der Waals surface area contributed by atoms with E-state index in [2.05, 4.69) is 10.5 Å². The van der Waals surface area contributed by atoms with Gasteiger partial charge in [-0.2, -0.15) is 0 Å². The van der Waals surface area contributed by atoms with Gasteiger partial charge in [-0.05, 0) is 26.1 Å². The molecule has 74 valence electrons. The molecule has 1 aromatic carbocycles. The zero-order valence-corrected chi connectivity index (χ0v) is 8.04. The van der Waals surface area contributed by atoms with E-state index in [1.807, 2.05) is 14.0 Å². The van der Waals surface area contributed by atoms with Crippen molar-refractivity contribution in [3.05, 3.63) is 29.8 Å². The van der Waals surface area contributed by atoms with Gasteiger partial charge in [-0.25, -0.2) is 4.39 Å². The number of fused-ring (bicyclic) bond motifs is 1. The monoisotopic (exact) mass is 194 g/mol. The minimum absolute atomic E-state index is 0.0294. The fourth-order valence-corrected chi connectivity index (χ4v) is 1.39. The van der Waals surface area contributed by atoms with E-state index < -0.39 is 0 Å². The molecule has 0 saturated carbocycles. The quantitative estimate of drug-likeness (QED) is 0.796. The highest BCUT2D eigenvalue weighted by Crippen LogP contribution is 2.25. The molecule has 0 aliphatic rings.